The molecule has 1 amide bonds. The predicted octanol–water partition coefficient (Wildman–Crippen LogP) is 3.80. The molecule has 0 aliphatic carbocycles. The first-order valence-electron chi connectivity index (χ1n) is 10.1. The molecule has 7 nitrogen and oxygen atoms in total. The zero-order chi connectivity index (χ0) is 22.2. The number of fused-ring (bicyclic) bond motifs is 3. The number of carbonyl (C=O) groups excluding carboxylic acids is 1. The first-order valence-corrected chi connectivity index (χ1v) is 10.1. The van der Waals surface area contributed by atoms with Gasteiger partial charge in [-0.15, -0.1) is 0 Å². The lowest BCUT2D eigenvalue weighted by Gasteiger charge is -2.10. The molecule has 0 aliphatic heterocycles. The molecule has 2 aromatic carbocycles. The summed E-state index contributed by atoms with van der Waals surface area (Å²) >= 11 is 0. The minimum atomic E-state index is -0.529. The van der Waals surface area contributed by atoms with Crippen LogP contribution < -0.4 is 11.0 Å². The summed E-state index contributed by atoms with van der Waals surface area (Å²) in [7, 11) is 0. The van der Waals surface area contributed by atoms with Crippen LogP contribution in [0.4, 0.5) is 4.39 Å². The maximum atomic E-state index is 13.1. The predicted molar refractivity (Wildman–Crippen MR) is 120 cm³/mol. The van der Waals surface area contributed by atoms with Crippen LogP contribution in [0.2, 0.25) is 0 Å². The van der Waals surface area contributed by atoms with Crippen LogP contribution in [0.25, 0.3) is 27.7 Å². The zero-order valence-electron chi connectivity index (χ0n) is 17.1. The third-order valence-electron chi connectivity index (χ3n) is 5.31. The Morgan fingerprint density at radius 2 is 1.81 bits per heavy atom. The molecule has 0 atom stereocenters. The molecular formula is C24H18FN5O2. The van der Waals surface area contributed by atoms with E-state index in [0.29, 0.717) is 23.0 Å². The van der Waals surface area contributed by atoms with Crippen LogP contribution >= 0.6 is 0 Å². The quantitative estimate of drug-likeness (QED) is 0.473. The molecule has 0 radical (unpaired) electrons. The number of amides is 1. The number of aryl methyl sites for hydroxylation is 1. The van der Waals surface area contributed by atoms with E-state index in [0.717, 1.165) is 21.5 Å². The van der Waals surface area contributed by atoms with Crippen molar-refractivity contribution in [2.24, 2.45) is 0 Å². The number of rotatable bonds is 4. The van der Waals surface area contributed by atoms with Gasteiger partial charge in [-0.3, -0.25) is 15.0 Å². The van der Waals surface area contributed by atoms with Crippen LogP contribution in [0, 0.1) is 5.82 Å². The second kappa shape index (κ2) is 7.73. The summed E-state index contributed by atoms with van der Waals surface area (Å²) in [6.07, 6.45) is 3.68. The monoisotopic (exact) mass is 427 g/mol. The standard InChI is InChI=1S/C24H18FN5O2/c1-2-19-21(15-6-4-3-5-7-15)22-26-14-18-20(30(22)27-19)12-13-29(24(18)32)28-23(31)16-8-10-17(25)11-9-16/h3-14H,2H2,1H3,(H,28,31). The van der Waals surface area contributed by atoms with Crippen molar-refractivity contribution in [2.75, 3.05) is 5.43 Å². The highest BCUT2D eigenvalue weighted by atomic mass is 19.1. The third-order valence-corrected chi connectivity index (χ3v) is 5.31. The average Bonchev–Trinajstić information content (AvgIpc) is 3.21. The van der Waals surface area contributed by atoms with E-state index in [9.17, 15) is 14.0 Å². The van der Waals surface area contributed by atoms with Crippen LogP contribution in [-0.4, -0.2) is 25.2 Å². The first-order chi connectivity index (χ1) is 15.6. The normalized spacial score (nSPS) is 11.2. The van der Waals surface area contributed by atoms with Crippen LogP contribution in [0.3, 0.4) is 0 Å². The molecule has 0 saturated carbocycles. The summed E-state index contributed by atoms with van der Waals surface area (Å²) in [6, 6.07) is 16.7. The maximum absolute atomic E-state index is 13.1. The molecule has 1 N–H and O–H groups in total. The highest BCUT2D eigenvalue weighted by Gasteiger charge is 2.18. The lowest BCUT2D eigenvalue weighted by Crippen LogP contribution is -2.33. The molecule has 3 heterocycles. The fourth-order valence-corrected chi connectivity index (χ4v) is 3.73. The van der Waals surface area contributed by atoms with E-state index in [-0.39, 0.29) is 5.56 Å². The van der Waals surface area contributed by atoms with Crippen molar-refractivity contribution >= 4 is 22.5 Å². The van der Waals surface area contributed by atoms with Crippen LogP contribution in [0.5, 0.6) is 0 Å². The number of hydrogen-bond donors (Lipinski definition) is 1. The Bertz CT molecular complexity index is 1520. The Kier molecular flexibility index (Phi) is 4.74. The Morgan fingerprint density at radius 3 is 2.53 bits per heavy atom. The van der Waals surface area contributed by atoms with E-state index in [1.54, 1.807) is 10.6 Å². The van der Waals surface area contributed by atoms with Gasteiger partial charge in [0.15, 0.2) is 5.65 Å². The van der Waals surface area contributed by atoms with Crippen molar-refractivity contribution < 1.29 is 9.18 Å². The number of pyridine rings is 1. The summed E-state index contributed by atoms with van der Waals surface area (Å²) in [5.41, 5.74) is 6.38. The second-order valence-electron chi connectivity index (χ2n) is 7.27. The van der Waals surface area contributed by atoms with Gasteiger partial charge in [0.25, 0.3) is 11.5 Å². The van der Waals surface area contributed by atoms with Crippen molar-refractivity contribution in [2.45, 2.75) is 13.3 Å². The van der Waals surface area contributed by atoms with Gasteiger partial charge < -0.3 is 0 Å². The van der Waals surface area contributed by atoms with Gasteiger partial charge in [-0.25, -0.2) is 18.6 Å². The average molecular weight is 427 g/mol. The number of halogens is 1. The topological polar surface area (TPSA) is 81.3 Å². The molecule has 0 unspecified atom stereocenters. The van der Waals surface area contributed by atoms with Crippen LogP contribution in [0.15, 0.2) is 77.9 Å². The smallest absolute Gasteiger partial charge is 0.267 e. The number of nitrogens with zero attached hydrogens (tertiary/aromatic N) is 4. The van der Waals surface area contributed by atoms with Crippen molar-refractivity contribution in [3.8, 4) is 11.1 Å². The SMILES string of the molecule is CCc1nn2c(ncc3c(=O)n(NC(=O)c4ccc(F)cc4)ccc32)c1-c1ccccc1. The fourth-order valence-electron chi connectivity index (χ4n) is 3.73. The molecule has 0 saturated heterocycles. The number of hydrogen-bond acceptors (Lipinski definition) is 4. The third kappa shape index (κ3) is 3.22. The minimum Gasteiger partial charge on any atom is -0.267 e. The first kappa shape index (κ1) is 19.6. The summed E-state index contributed by atoms with van der Waals surface area (Å²) < 4.78 is 15.9. The highest BCUT2D eigenvalue weighted by Crippen LogP contribution is 2.29. The molecule has 3 aromatic heterocycles. The van der Waals surface area contributed by atoms with Crippen molar-refractivity contribution in [3.05, 3.63) is 100 Å². The Hall–Kier alpha value is -4.33. The Balaban J connectivity index is 1.61. The van der Waals surface area contributed by atoms with Gasteiger partial charge in [-0.1, -0.05) is 37.3 Å². The Labute approximate surface area is 181 Å². The molecule has 5 rings (SSSR count). The van der Waals surface area contributed by atoms with Crippen molar-refractivity contribution in [3.63, 3.8) is 0 Å². The molecule has 8 heteroatoms. The minimum absolute atomic E-state index is 0.235. The zero-order valence-corrected chi connectivity index (χ0v) is 17.1. The number of nitrogens with one attached hydrogen (secondary N) is 1. The lowest BCUT2D eigenvalue weighted by molar-refractivity contribution is 0.101. The Morgan fingerprint density at radius 1 is 1.06 bits per heavy atom. The van der Waals surface area contributed by atoms with E-state index < -0.39 is 17.3 Å². The summed E-state index contributed by atoms with van der Waals surface area (Å²) in [6.45, 7) is 2.02. The summed E-state index contributed by atoms with van der Waals surface area (Å²) in [5, 5.41) is 5.02. The van der Waals surface area contributed by atoms with Gasteiger partial charge in [0.2, 0.25) is 0 Å². The molecule has 0 fully saturated rings. The lowest BCUT2D eigenvalue weighted by atomic mass is 10.0. The number of benzene rings is 2. The molecular weight excluding hydrogens is 409 g/mol. The van der Waals surface area contributed by atoms with Crippen LogP contribution in [-0.2, 0) is 6.42 Å². The van der Waals surface area contributed by atoms with Crippen molar-refractivity contribution in [1.82, 2.24) is 19.3 Å². The molecule has 0 bridgehead atoms. The highest BCUT2D eigenvalue weighted by molar-refractivity contribution is 6.00. The largest absolute Gasteiger partial charge is 0.280 e. The van der Waals surface area contributed by atoms with E-state index in [4.69, 9.17) is 5.10 Å². The number of aromatic nitrogens is 4. The van der Waals surface area contributed by atoms with Gasteiger partial charge in [0, 0.05) is 23.5 Å². The van der Waals surface area contributed by atoms with Gasteiger partial charge in [0.05, 0.1) is 16.6 Å². The summed E-state index contributed by atoms with van der Waals surface area (Å²) in [4.78, 5) is 30.0. The number of carbonyl (C=O) groups is 1. The van der Waals surface area contributed by atoms with Gasteiger partial charge >= 0.3 is 0 Å². The van der Waals surface area contributed by atoms with Gasteiger partial charge in [-0.05, 0) is 42.3 Å². The van der Waals surface area contributed by atoms with Gasteiger partial charge in [0.1, 0.15) is 5.82 Å². The van der Waals surface area contributed by atoms with E-state index in [1.807, 2.05) is 37.3 Å². The maximum Gasteiger partial charge on any atom is 0.280 e. The van der Waals surface area contributed by atoms with E-state index in [1.165, 1.54) is 36.7 Å². The van der Waals surface area contributed by atoms with Gasteiger partial charge in [-0.2, -0.15) is 5.10 Å². The van der Waals surface area contributed by atoms with Crippen molar-refractivity contribution in [1.29, 1.82) is 0 Å². The molecule has 0 spiro atoms. The molecule has 0 aliphatic rings. The summed E-state index contributed by atoms with van der Waals surface area (Å²) in [5.74, 6) is -0.973. The van der Waals surface area contributed by atoms with E-state index >= 15 is 0 Å². The molecule has 32 heavy (non-hydrogen) atoms. The van der Waals surface area contributed by atoms with E-state index in [2.05, 4.69) is 10.4 Å². The molecule has 5 aromatic rings. The fraction of sp³-hybridized carbons (Fsp3) is 0.0833. The molecule has 158 valence electrons. The second-order valence-corrected chi connectivity index (χ2v) is 7.27. The van der Waals surface area contributed by atoms with Crippen LogP contribution in [0.1, 0.15) is 23.0 Å².